The number of nitrogens with two attached hydrogens (primary N) is 1. The molecule has 0 spiro atoms. The van der Waals surface area contributed by atoms with Crippen molar-refractivity contribution < 1.29 is 13.6 Å². The summed E-state index contributed by atoms with van der Waals surface area (Å²) in [6.07, 6.45) is 0. The fourth-order valence-corrected chi connectivity index (χ4v) is 3.10. The van der Waals surface area contributed by atoms with Gasteiger partial charge in [0.1, 0.15) is 11.6 Å². The lowest BCUT2D eigenvalue weighted by molar-refractivity contribution is 0.212. The summed E-state index contributed by atoms with van der Waals surface area (Å²) in [6.45, 7) is 2.71. The molecule has 3 heterocycles. The summed E-state index contributed by atoms with van der Waals surface area (Å²) >= 11 is 0. The molecule has 6 nitrogen and oxygen atoms in total. The van der Waals surface area contributed by atoms with E-state index < -0.39 is 11.6 Å². The lowest BCUT2D eigenvalue weighted by Gasteiger charge is -2.17. The molecule has 0 bridgehead atoms. The molecule has 0 aliphatic carbocycles. The average molecular weight is 381 g/mol. The van der Waals surface area contributed by atoms with Crippen molar-refractivity contribution in [2.45, 2.75) is 20.0 Å². The van der Waals surface area contributed by atoms with Gasteiger partial charge in [-0.25, -0.2) is 18.6 Å². The number of nitrogens with zero attached hydrogens (tertiary/aromatic N) is 3. The highest BCUT2D eigenvalue weighted by Gasteiger charge is 2.25. The quantitative estimate of drug-likeness (QED) is 0.706. The van der Waals surface area contributed by atoms with Crippen molar-refractivity contribution >= 4 is 17.5 Å². The number of aryl methyl sites for hydroxylation is 1. The SMILES string of the molecule is Cc1ccc2c(n1)CN(C(=O)Nc1nc(-c3ccc(F)cc3F)ccc1N)C2. The van der Waals surface area contributed by atoms with Gasteiger partial charge in [0, 0.05) is 23.9 Å². The Bertz CT molecular complexity index is 1090. The zero-order chi connectivity index (χ0) is 19.8. The molecular weight excluding hydrogens is 364 g/mol. The van der Waals surface area contributed by atoms with Crippen LogP contribution in [0.5, 0.6) is 0 Å². The predicted octanol–water partition coefficient (Wildman–Crippen LogP) is 3.86. The van der Waals surface area contributed by atoms with E-state index >= 15 is 0 Å². The molecule has 3 aromatic rings. The van der Waals surface area contributed by atoms with E-state index in [1.807, 2.05) is 19.1 Å². The molecule has 2 aromatic heterocycles. The molecule has 8 heteroatoms. The molecular formula is C20H17F2N5O. The maximum atomic E-state index is 14.0. The maximum absolute atomic E-state index is 14.0. The molecule has 0 radical (unpaired) electrons. The number of amides is 2. The van der Waals surface area contributed by atoms with Crippen molar-refractivity contribution in [3.63, 3.8) is 0 Å². The van der Waals surface area contributed by atoms with E-state index in [-0.39, 0.29) is 28.8 Å². The van der Waals surface area contributed by atoms with Crippen LogP contribution in [0.4, 0.5) is 25.1 Å². The van der Waals surface area contributed by atoms with E-state index in [9.17, 15) is 13.6 Å². The molecule has 1 aromatic carbocycles. The van der Waals surface area contributed by atoms with Crippen molar-refractivity contribution in [1.29, 1.82) is 0 Å². The highest BCUT2D eigenvalue weighted by atomic mass is 19.1. The van der Waals surface area contributed by atoms with Crippen molar-refractivity contribution in [3.05, 3.63) is 71.1 Å². The van der Waals surface area contributed by atoms with Crippen LogP contribution in [0.2, 0.25) is 0 Å². The Labute approximate surface area is 160 Å². The van der Waals surface area contributed by atoms with Crippen molar-refractivity contribution in [2.24, 2.45) is 0 Å². The van der Waals surface area contributed by atoms with Gasteiger partial charge >= 0.3 is 6.03 Å². The number of hydrogen-bond donors (Lipinski definition) is 2. The number of nitrogen functional groups attached to an aromatic ring is 1. The standard InChI is InChI=1S/C20H17F2N5O/c1-11-2-3-12-9-27(10-18(12)24-11)20(28)26-19-16(23)6-7-17(25-19)14-5-4-13(21)8-15(14)22/h2-8H,9-10,23H2,1H3,(H,25,26,28). The monoisotopic (exact) mass is 381 g/mol. The Morgan fingerprint density at radius 3 is 2.71 bits per heavy atom. The minimum Gasteiger partial charge on any atom is -0.396 e. The number of fused-ring (bicyclic) bond motifs is 1. The number of urea groups is 1. The number of hydrogen-bond acceptors (Lipinski definition) is 4. The summed E-state index contributed by atoms with van der Waals surface area (Å²) in [4.78, 5) is 22.9. The van der Waals surface area contributed by atoms with E-state index in [0.717, 1.165) is 29.1 Å². The van der Waals surface area contributed by atoms with Gasteiger partial charge in [0.2, 0.25) is 0 Å². The van der Waals surface area contributed by atoms with E-state index in [1.54, 1.807) is 4.90 Å². The van der Waals surface area contributed by atoms with Gasteiger partial charge < -0.3 is 10.6 Å². The van der Waals surface area contributed by atoms with Crippen LogP contribution in [0.3, 0.4) is 0 Å². The van der Waals surface area contributed by atoms with Crippen molar-refractivity contribution in [1.82, 2.24) is 14.9 Å². The van der Waals surface area contributed by atoms with Crippen LogP contribution in [0.1, 0.15) is 17.0 Å². The van der Waals surface area contributed by atoms with Crippen LogP contribution in [-0.2, 0) is 13.1 Å². The summed E-state index contributed by atoms with van der Waals surface area (Å²) in [5.74, 6) is -1.31. The third-order valence-electron chi connectivity index (χ3n) is 4.56. The van der Waals surface area contributed by atoms with E-state index in [2.05, 4.69) is 15.3 Å². The number of halogens is 2. The van der Waals surface area contributed by atoms with Crippen molar-refractivity contribution in [2.75, 3.05) is 11.1 Å². The second kappa shape index (κ2) is 6.88. The third-order valence-corrected chi connectivity index (χ3v) is 4.56. The second-order valence-electron chi connectivity index (χ2n) is 6.60. The number of aromatic nitrogens is 2. The van der Waals surface area contributed by atoms with E-state index in [1.165, 1.54) is 18.2 Å². The van der Waals surface area contributed by atoms with E-state index in [0.29, 0.717) is 13.1 Å². The Morgan fingerprint density at radius 1 is 1.11 bits per heavy atom. The molecule has 3 N–H and O–H groups in total. The summed E-state index contributed by atoms with van der Waals surface area (Å²) in [5, 5.41) is 2.67. The largest absolute Gasteiger partial charge is 0.396 e. The van der Waals surface area contributed by atoms with Gasteiger partial charge in [-0.05, 0) is 42.8 Å². The van der Waals surface area contributed by atoms with Crippen molar-refractivity contribution in [3.8, 4) is 11.3 Å². The molecule has 0 unspecified atom stereocenters. The fourth-order valence-electron chi connectivity index (χ4n) is 3.10. The van der Waals surface area contributed by atoms with Gasteiger partial charge in [-0.2, -0.15) is 0 Å². The Hall–Kier alpha value is -3.55. The summed E-state index contributed by atoms with van der Waals surface area (Å²) in [6, 6.07) is 9.72. The van der Waals surface area contributed by atoms with Gasteiger partial charge in [-0.3, -0.25) is 10.3 Å². The maximum Gasteiger partial charge on any atom is 0.323 e. The molecule has 0 saturated carbocycles. The first kappa shape index (κ1) is 17.8. The zero-order valence-corrected chi connectivity index (χ0v) is 15.0. The molecule has 0 atom stereocenters. The molecule has 0 fully saturated rings. The van der Waals surface area contributed by atoms with Crippen LogP contribution in [0, 0.1) is 18.6 Å². The molecule has 28 heavy (non-hydrogen) atoms. The zero-order valence-electron chi connectivity index (χ0n) is 15.0. The lowest BCUT2D eigenvalue weighted by atomic mass is 10.1. The van der Waals surface area contributed by atoms with Crippen LogP contribution >= 0.6 is 0 Å². The first-order chi connectivity index (χ1) is 13.4. The first-order valence-electron chi connectivity index (χ1n) is 8.64. The number of carbonyl (C=O) groups excluding carboxylic acids is 1. The number of anilines is 2. The van der Waals surface area contributed by atoms with Gasteiger partial charge in [0.05, 0.1) is 23.6 Å². The van der Waals surface area contributed by atoms with Gasteiger partial charge in [-0.1, -0.05) is 6.07 Å². The lowest BCUT2D eigenvalue weighted by Crippen LogP contribution is -2.31. The Kier molecular flexibility index (Phi) is 4.38. The normalized spacial score (nSPS) is 12.8. The minimum absolute atomic E-state index is 0.116. The minimum atomic E-state index is -0.744. The van der Waals surface area contributed by atoms with Gasteiger partial charge in [-0.15, -0.1) is 0 Å². The number of pyridine rings is 2. The fraction of sp³-hybridized carbons (Fsp3) is 0.150. The predicted molar refractivity (Wildman–Crippen MR) is 101 cm³/mol. The van der Waals surface area contributed by atoms with Gasteiger partial charge in [0.15, 0.2) is 5.82 Å². The number of carbonyl (C=O) groups is 1. The van der Waals surface area contributed by atoms with E-state index in [4.69, 9.17) is 5.73 Å². The number of rotatable bonds is 2. The van der Waals surface area contributed by atoms with Gasteiger partial charge in [0.25, 0.3) is 0 Å². The molecule has 1 aliphatic heterocycles. The van der Waals surface area contributed by atoms with Crippen LogP contribution in [0.15, 0.2) is 42.5 Å². The van der Waals surface area contributed by atoms with Crippen LogP contribution in [-0.4, -0.2) is 20.9 Å². The molecule has 4 rings (SSSR count). The van der Waals surface area contributed by atoms with Crippen LogP contribution in [0.25, 0.3) is 11.3 Å². The Balaban J connectivity index is 1.56. The molecule has 2 amide bonds. The number of nitrogens with one attached hydrogen (secondary N) is 1. The summed E-state index contributed by atoms with van der Waals surface area (Å²) in [7, 11) is 0. The smallest absolute Gasteiger partial charge is 0.323 e. The number of benzene rings is 1. The highest BCUT2D eigenvalue weighted by Crippen LogP contribution is 2.27. The topological polar surface area (TPSA) is 84.1 Å². The summed E-state index contributed by atoms with van der Waals surface area (Å²) < 4.78 is 27.2. The van der Waals surface area contributed by atoms with Crippen LogP contribution < -0.4 is 11.1 Å². The molecule has 142 valence electrons. The molecule has 0 saturated heterocycles. The molecule has 1 aliphatic rings. The first-order valence-corrected chi connectivity index (χ1v) is 8.64. The average Bonchev–Trinajstić information content (AvgIpc) is 3.07. The third kappa shape index (κ3) is 3.36. The second-order valence-corrected chi connectivity index (χ2v) is 6.60. The highest BCUT2D eigenvalue weighted by molar-refractivity contribution is 5.92. The summed E-state index contributed by atoms with van der Waals surface area (Å²) in [5.41, 5.74) is 9.25. The Morgan fingerprint density at radius 2 is 1.93 bits per heavy atom.